The third-order valence-electron chi connectivity index (χ3n) is 2.37. The van der Waals surface area contributed by atoms with Crippen molar-refractivity contribution in [1.29, 1.82) is 0 Å². The van der Waals surface area contributed by atoms with Crippen LogP contribution in [-0.4, -0.2) is 17.4 Å². The van der Waals surface area contributed by atoms with E-state index in [9.17, 15) is 0 Å². The minimum atomic E-state index is -0.361. The molecule has 3 N–H and O–H groups in total. The van der Waals surface area contributed by atoms with E-state index in [4.69, 9.17) is 11.0 Å². The molecule has 1 aromatic rings. The van der Waals surface area contributed by atoms with Crippen LogP contribution in [0.2, 0.25) is 0 Å². The highest BCUT2D eigenvalue weighted by atomic mass is 17.1. The molecule has 0 radical (unpaired) electrons. The zero-order chi connectivity index (χ0) is 12.4. The molecule has 3 heteroatoms. The monoisotopic (exact) mass is 227 g/mol. The van der Waals surface area contributed by atoms with Crippen molar-refractivity contribution in [2.45, 2.75) is 39.2 Å². The number of hydrogen-bond acceptors (Lipinski definition) is 3. The molecule has 0 atom stereocenters. The van der Waals surface area contributed by atoms with E-state index < -0.39 is 0 Å². The van der Waals surface area contributed by atoms with Crippen molar-refractivity contribution in [3.63, 3.8) is 0 Å². The van der Waals surface area contributed by atoms with Crippen molar-refractivity contribution in [2.24, 2.45) is 5.73 Å². The number of rotatable bonds is 4. The van der Waals surface area contributed by atoms with E-state index in [0.29, 0.717) is 0 Å². The average Bonchev–Trinajstić information content (AvgIpc) is 2.32. The zero-order valence-electron chi connectivity index (χ0n) is 10.4. The van der Waals surface area contributed by atoms with Crippen LogP contribution < -0.4 is 5.73 Å². The minimum Gasteiger partial charge on any atom is -0.330 e. The van der Waals surface area contributed by atoms with Gasteiger partial charge in [-0.25, -0.2) is 4.89 Å². The Morgan fingerprint density at radius 2 is 1.88 bits per heavy atom. The van der Waals surface area contributed by atoms with E-state index in [2.05, 4.69) is 17.0 Å². The molecule has 0 unspecified atom stereocenters. The van der Waals surface area contributed by atoms with E-state index in [1.54, 1.807) is 0 Å². The van der Waals surface area contributed by atoms with E-state index in [1.165, 1.54) is 5.56 Å². The van der Waals surface area contributed by atoms with Gasteiger partial charge in [0.25, 0.3) is 0 Å². The topological polar surface area (TPSA) is 55.5 Å². The molecule has 1 rings (SSSR count). The number of benzene rings is 1. The van der Waals surface area contributed by atoms with Gasteiger partial charge in [-0.1, -0.05) is 37.3 Å². The zero-order valence-corrected chi connectivity index (χ0v) is 10.4. The summed E-state index contributed by atoms with van der Waals surface area (Å²) in [6.07, 6.45) is 1.81. The summed E-state index contributed by atoms with van der Waals surface area (Å²) in [6, 6.07) is 10.3. The third kappa shape index (κ3) is 7.40. The van der Waals surface area contributed by atoms with Gasteiger partial charge in [0.2, 0.25) is 0 Å². The smallest absolute Gasteiger partial charge is 0.0974 e. The fourth-order valence-corrected chi connectivity index (χ4v) is 0.876. The summed E-state index contributed by atoms with van der Waals surface area (Å²) in [5, 5.41) is 8.09. The Morgan fingerprint density at radius 1 is 1.31 bits per heavy atom. The second-order valence-electron chi connectivity index (χ2n) is 4.23. The van der Waals surface area contributed by atoms with Crippen LogP contribution in [0.4, 0.5) is 0 Å². The molecule has 0 aromatic heterocycles. The highest BCUT2D eigenvalue weighted by Crippen LogP contribution is 2.10. The molecule has 0 fully saturated rings. The van der Waals surface area contributed by atoms with Gasteiger partial charge in [0.1, 0.15) is 0 Å². The Labute approximate surface area is 99.7 Å². The molecule has 0 amide bonds. The highest BCUT2D eigenvalue weighted by Gasteiger charge is 2.13. The lowest BCUT2D eigenvalue weighted by Crippen LogP contribution is -2.20. The van der Waals surface area contributed by atoms with E-state index in [0.717, 1.165) is 19.4 Å². The van der Waals surface area contributed by atoms with Gasteiger partial charge in [-0.3, -0.25) is 5.26 Å². The molecule has 94 valence electrons. The fourth-order valence-electron chi connectivity index (χ4n) is 0.876. The fraction of sp³-hybridized carbons (Fsp3) is 0.538. The van der Waals surface area contributed by atoms with Crippen LogP contribution in [0.1, 0.15) is 34.2 Å². The summed E-state index contributed by atoms with van der Waals surface area (Å²) in [6.45, 7) is 6.35. The summed E-state index contributed by atoms with van der Waals surface area (Å²) in [7, 11) is 0. The van der Waals surface area contributed by atoms with Crippen LogP contribution in [-0.2, 0) is 11.3 Å². The van der Waals surface area contributed by atoms with Gasteiger partial charge in [-0.05, 0) is 38.8 Å². The maximum Gasteiger partial charge on any atom is 0.0974 e. The van der Waals surface area contributed by atoms with E-state index in [1.807, 2.05) is 39.0 Å². The molecule has 1 aromatic carbocycles. The second kappa shape index (κ2) is 8.28. The molecule has 0 aliphatic rings. The van der Waals surface area contributed by atoms with Gasteiger partial charge in [0, 0.05) is 1.43 Å². The van der Waals surface area contributed by atoms with E-state index in [-0.39, 0.29) is 7.03 Å². The molecule has 0 saturated heterocycles. The molecular weight excluding hydrogens is 202 g/mol. The van der Waals surface area contributed by atoms with E-state index >= 15 is 0 Å². The van der Waals surface area contributed by atoms with Crippen LogP contribution in [0.3, 0.4) is 0 Å². The molecule has 0 bridgehead atoms. The Bertz CT molecular complexity index is 259. The van der Waals surface area contributed by atoms with Crippen molar-refractivity contribution in [3.8, 4) is 0 Å². The third-order valence-corrected chi connectivity index (χ3v) is 2.37. The van der Waals surface area contributed by atoms with Crippen LogP contribution in [0, 0.1) is 0 Å². The normalized spacial score (nSPS) is 10.6. The van der Waals surface area contributed by atoms with Crippen molar-refractivity contribution in [2.75, 3.05) is 6.54 Å². The molecule has 0 aliphatic heterocycles. The van der Waals surface area contributed by atoms with Crippen LogP contribution in [0.25, 0.3) is 0 Å². The quantitative estimate of drug-likeness (QED) is 0.614. The van der Waals surface area contributed by atoms with Crippen LogP contribution >= 0.6 is 0 Å². The SMILES string of the molecule is CCC(C)(C)OO.NCCc1ccccc1.[HH]. The van der Waals surface area contributed by atoms with Crippen LogP contribution in [0.5, 0.6) is 0 Å². The lowest BCUT2D eigenvalue weighted by molar-refractivity contribution is -0.313. The molecular formula is C13H25NO2. The standard InChI is InChI=1S/C8H11N.C5H12O2.H2/c9-7-6-8-4-2-1-3-5-8;1-4-5(2,3)7-6;/h1-5H,6-7,9H2;6H,4H2,1-3H3;1H. The van der Waals surface area contributed by atoms with Gasteiger partial charge in [-0.2, -0.15) is 0 Å². The Morgan fingerprint density at radius 3 is 2.19 bits per heavy atom. The Balaban J connectivity index is 0. The first kappa shape index (κ1) is 15.1. The van der Waals surface area contributed by atoms with Gasteiger partial charge in [0.15, 0.2) is 0 Å². The first-order chi connectivity index (χ1) is 7.55. The van der Waals surface area contributed by atoms with Crippen LogP contribution in [0.15, 0.2) is 30.3 Å². The van der Waals surface area contributed by atoms with Crippen molar-refractivity contribution < 1.29 is 11.6 Å². The van der Waals surface area contributed by atoms with Crippen molar-refractivity contribution in [1.82, 2.24) is 0 Å². The molecule has 0 spiro atoms. The maximum absolute atomic E-state index is 8.09. The second-order valence-corrected chi connectivity index (χ2v) is 4.23. The van der Waals surface area contributed by atoms with Crippen molar-refractivity contribution >= 4 is 0 Å². The highest BCUT2D eigenvalue weighted by molar-refractivity contribution is 5.14. The van der Waals surface area contributed by atoms with Gasteiger partial charge in [-0.15, -0.1) is 0 Å². The summed E-state index contributed by atoms with van der Waals surface area (Å²) in [5.41, 5.74) is 6.32. The molecule has 0 aliphatic carbocycles. The molecule has 3 nitrogen and oxygen atoms in total. The molecule has 0 heterocycles. The summed E-state index contributed by atoms with van der Waals surface area (Å²) in [4.78, 5) is 4.09. The van der Waals surface area contributed by atoms with Gasteiger partial charge >= 0.3 is 0 Å². The lowest BCUT2D eigenvalue weighted by Gasteiger charge is -2.16. The Hall–Kier alpha value is -0.900. The maximum atomic E-state index is 8.09. The molecule has 0 saturated carbocycles. The number of hydrogen-bond donors (Lipinski definition) is 2. The largest absolute Gasteiger partial charge is 0.330 e. The minimum absolute atomic E-state index is 0. The summed E-state index contributed by atoms with van der Waals surface area (Å²) < 4.78 is 0. The predicted molar refractivity (Wildman–Crippen MR) is 69.4 cm³/mol. The number of nitrogens with two attached hydrogens (primary N) is 1. The molecule has 16 heavy (non-hydrogen) atoms. The average molecular weight is 227 g/mol. The van der Waals surface area contributed by atoms with Gasteiger partial charge in [0.05, 0.1) is 5.60 Å². The lowest BCUT2D eigenvalue weighted by atomic mass is 10.1. The summed E-state index contributed by atoms with van der Waals surface area (Å²) in [5.74, 6) is 0. The van der Waals surface area contributed by atoms with Crippen molar-refractivity contribution in [3.05, 3.63) is 35.9 Å². The predicted octanol–water partition coefficient (Wildman–Crippen LogP) is 3.10. The summed E-state index contributed by atoms with van der Waals surface area (Å²) >= 11 is 0. The first-order valence-corrected chi connectivity index (χ1v) is 5.62. The first-order valence-electron chi connectivity index (χ1n) is 5.62. The van der Waals surface area contributed by atoms with Gasteiger partial charge < -0.3 is 5.73 Å². The Kier molecular flexibility index (Phi) is 7.81.